The van der Waals surface area contributed by atoms with Gasteiger partial charge in [-0.1, -0.05) is 12.6 Å². The molecule has 0 aliphatic carbocycles. The summed E-state index contributed by atoms with van der Waals surface area (Å²) in [7, 11) is -7.19. The van der Waals surface area contributed by atoms with Gasteiger partial charge in [-0.2, -0.15) is 9.57 Å². The van der Waals surface area contributed by atoms with Crippen molar-refractivity contribution < 1.29 is 16.8 Å². The molecule has 1 saturated heterocycles. The molecule has 1 aliphatic rings. The van der Waals surface area contributed by atoms with Crippen molar-refractivity contribution in [3.63, 3.8) is 0 Å². The second kappa shape index (κ2) is 6.80. The molecule has 0 amide bonds. The molecular formula is C14H17N3O4S2. The fourth-order valence-electron chi connectivity index (χ4n) is 2.35. The van der Waals surface area contributed by atoms with Crippen LogP contribution in [0.4, 0.5) is 0 Å². The summed E-state index contributed by atoms with van der Waals surface area (Å²) in [5.41, 5.74) is 0.278. The molecule has 0 spiro atoms. The number of rotatable bonds is 6. The van der Waals surface area contributed by atoms with E-state index in [1.165, 1.54) is 28.6 Å². The number of benzene rings is 1. The monoisotopic (exact) mass is 355 g/mol. The predicted octanol–water partition coefficient (Wildman–Crippen LogP) is 0.632. The van der Waals surface area contributed by atoms with Crippen LogP contribution in [-0.2, 0) is 20.0 Å². The van der Waals surface area contributed by atoms with Gasteiger partial charge in [0.25, 0.3) is 0 Å². The zero-order valence-corrected chi connectivity index (χ0v) is 14.0. The summed E-state index contributed by atoms with van der Waals surface area (Å²) in [4.78, 5) is 0.0730. The topological polar surface area (TPSA) is 107 Å². The van der Waals surface area contributed by atoms with Gasteiger partial charge in [0.1, 0.15) is 0 Å². The normalized spacial score (nSPS) is 19.3. The number of sulfonamides is 2. The summed E-state index contributed by atoms with van der Waals surface area (Å²) in [5.74, 6) is -0.0985. The first-order valence-electron chi connectivity index (χ1n) is 6.91. The van der Waals surface area contributed by atoms with Crippen LogP contribution < -0.4 is 4.72 Å². The van der Waals surface area contributed by atoms with E-state index in [1.807, 2.05) is 6.07 Å². The maximum absolute atomic E-state index is 12.6. The van der Waals surface area contributed by atoms with E-state index in [2.05, 4.69) is 11.3 Å². The van der Waals surface area contributed by atoms with Gasteiger partial charge in [-0.3, -0.25) is 0 Å². The van der Waals surface area contributed by atoms with Gasteiger partial charge in [0, 0.05) is 25.0 Å². The van der Waals surface area contributed by atoms with Crippen LogP contribution in [0.5, 0.6) is 0 Å². The average Bonchev–Trinajstić information content (AvgIpc) is 3.03. The molecule has 0 saturated carbocycles. The summed E-state index contributed by atoms with van der Waals surface area (Å²) < 4.78 is 51.5. The number of nitrogens with zero attached hydrogens (tertiary/aromatic N) is 2. The van der Waals surface area contributed by atoms with Crippen molar-refractivity contribution in [2.75, 3.05) is 19.6 Å². The Hall–Kier alpha value is -1.73. The first-order valence-corrected chi connectivity index (χ1v) is 9.89. The molecule has 1 aromatic carbocycles. The Morgan fingerprint density at radius 3 is 2.78 bits per heavy atom. The SMILES string of the molecule is C=CS(=O)(=O)NCC1CCN(S(=O)(=O)c2cccc(C#N)c2)C1. The third-order valence-electron chi connectivity index (χ3n) is 3.64. The van der Waals surface area contributed by atoms with Crippen molar-refractivity contribution in [2.45, 2.75) is 11.3 Å². The quantitative estimate of drug-likeness (QED) is 0.805. The molecule has 0 aromatic heterocycles. The van der Waals surface area contributed by atoms with Gasteiger partial charge >= 0.3 is 0 Å². The second-order valence-corrected chi connectivity index (χ2v) is 8.87. The van der Waals surface area contributed by atoms with Crippen LogP contribution in [0, 0.1) is 17.2 Å². The Balaban J connectivity index is 2.08. The van der Waals surface area contributed by atoms with E-state index in [0.717, 1.165) is 5.41 Å². The minimum Gasteiger partial charge on any atom is -0.211 e. The summed E-state index contributed by atoms with van der Waals surface area (Å²) in [6.07, 6.45) is 0.566. The van der Waals surface area contributed by atoms with Gasteiger partial charge in [0.05, 0.1) is 16.5 Å². The maximum Gasteiger partial charge on any atom is 0.243 e. The Morgan fingerprint density at radius 1 is 1.39 bits per heavy atom. The van der Waals surface area contributed by atoms with Crippen molar-refractivity contribution >= 4 is 20.0 Å². The lowest BCUT2D eigenvalue weighted by Crippen LogP contribution is -2.32. The summed E-state index contributed by atoms with van der Waals surface area (Å²) in [5, 5.41) is 9.70. The van der Waals surface area contributed by atoms with E-state index in [0.29, 0.717) is 13.0 Å². The Bertz CT molecular complexity index is 841. The maximum atomic E-state index is 12.6. The molecule has 9 heteroatoms. The zero-order chi connectivity index (χ0) is 17.1. The molecule has 1 heterocycles. The van der Waals surface area contributed by atoms with E-state index >= 15 is 0 Å². The van der Waals surface area contributed by atoms with Crippen LogP contribution in [0.25, 0.3) is 0 Å². The third kappa shape index (κ3) is 4.17. The molecule has 23 heavy (non-hydrogen) atoms. The minimum atomic E-state index is -3.68. The summed E-state index contributed by atoms with van der Waals surface area (Å²) in [6.45, 7) is 3.92. The summed E-state index contributed by atoms with van der Waals surface area (Å²) in [6, 6.07) is 7.76. The standard InChI is InChI=1S/C14H17N3O4S2/c1-2-22(18,19)16-10-13-6-7-17(11-13)23(20,21)14-5-3-4-12(8-14)9-15/h2-5,8,13,16H,1,6-7,10-11H2. The van der Waals surface area contributed by atoms with Crippen molar-refractivity contribution in [1.29, 1.82) is 5.26 Å². The molecule has 124 valence electrons. The number of hydrogen-bond donors (Lipinski definition) is 1. The van der Waals surface area contributed by atoms with Crippen molar-refractivity contribution in [3.05, 3.63) is 41.8 Å². The zero-order valence-electron chi connectivity index (χ0n) is 12.3. The first-order chi connectivity index (χ1) is 10.8. The predicted molar refractivity (Wildman–Crippen MR) is 85.1 cm³/mol. The van der Waals surface area contributed by atoms with Crippen LogP contribution in [-0.4, -0.2) is 40.8 Å². The van der Waals surface area contributed by atoms with Crippen molar-refractivity contribution in [2.24, 2.45) is 5.92 Å². The molecule has 2 rings (SSSR count). The molecule has 1 fully saturated rings. The Morgan fingerprint density at radius 2 is 2.13 bits per heavy atom. The molecule has 1 atom stereocenters. The molecule has 1 N–H and O–H groups in total. The van der Waals surface area contributed by atoms with Gasteiger partial charge in [-0.25, -0.2) is 21.6 Å². The minimum absolute atomic E-state index is 0.0730. The Kier molecular flexibility index (Phi) is 5.21. The molecular weight excluding hydrogens is 338 g/mol. The highest BCUT2D eigenvalue weighted by atomic mass is 32.2. The van der Waals surface area contributed by atoms with Gasteiger partial charge in [0.2, 0.25) is 20.0 Å². The van der Waals surface area contributed by atoms with Gasteiger partial charge in [-0.15, -0.1) is 0 Å². The van der Waals surface area contributed by atoms with E-state index in [4.69, 9.17) is 5.26 Å². The Labute approximate surface area is 136 Å². The second-order valence-electron chi connectivity index (χ2n) is 5.22. The van der Waals surface area contributed by atoms with Crippen molar-refractivity contribution in [3.8, 4) is 6.07 Å². The largest absolute Gasteiger partial charge is 0.243 e. The highest BCUT2D eigenvalue weighted by molar-refractivity contribution is 7.92. The van der Waals surface area contributed by atoms with Crippen LogP contribution in [0.15, 0.2) is 41.1 Å². The van der Waals surface area contributed by atoms with E-state index < -0.39 is 20.0 Å². The smallest absolute Gasteiger partial charge is 0.211 e. The van der Waals surface area contributed by atoms with Crippen molar-refractivity contribution in [1.82, 2.24) is 9.03 Å². The van der Waals surface area contributed by atoms with E-state index in [-0.39, 0.29) is 29.5 Å². The number of hydrogen-bond acceptors (Lipinski definition) is 5. The lowest BCUT2D eigenvalue weighted by molar-refractivity contribution is 0.455. The number of nitriles is 1. The lowest BCUT2D eigenvalue weighted by atomic mass is 10.1. The van der Waals surface area contributed by atoms with Crippen LogP contribution >= 0.6 is 0 Å². The highest BCUT2D eigenvalue weighted by Gasteiger charge is 2.32. The van der Waals surface area contributed by atoms with Crippen LogP contribution in [0.2, 0.25) is 0 Å². The fraction of sp³-hybridized carbons (Fsp3) is 0.357. The summed E-state index contributed by atoms with van der Waals surface area (Å²) >= 11 is 0. The van der Waals surface area contributed by atoms with E-state index in [9.17, 15) is 16.8 Å². The highest BCUT2D eigenvalue weighted by Crippen LogP contribution is 2.24. The van der Waals surface area contributed by atoms with Gasteiger partial charge < -0.3 is 0 Å². The molecule has 1 unspecified atom stereocenters. The lowest BCUT2D eigenvalue weighted by Gasteiger charge is -2.17. The molecule has 1 aromatic rings. The molecule has 1 aliphatic heterocycles. The van der Waals surface area contributed by atoms with Crippen LogP contribution in [0.3, 0.4) is 0 Å². The number of nitrogens with one attached hydrogen (secondary N) is 1. The van der Waals surface area contributed by atoms with Gasteiger partial charge in [-0.05, 0) is 30.5 Å². The van der Waals surface area contributed by atoms with E-state index in [1.54, 1.807) is 0 Å². The van der Waals surface area contributed by atoms with Crippen LogP contribution in [0.1, 0.15) is 12.0 Å². The fourth-order valence-corrected chi connectivity index (χ4v) is 4.51. The molecule has 7 nitrogen and oxygen atoms in total. The average molecular weight is 355 g/mol. The third-order valence-corrected chi connectivity index (χ3v) is 6.51. The van der Waals surface area contributed by atoms with Gasteiger partial charge in [0.15, 0.2) is 0 Å². The molecule has 0 radical (unpaired) electrons. The molecule has 0 bridgehead atoms. The first kappa shape index (κ1) is 17.6.